The number of rotatable bonds is 7. The van der Waals surface area contributed by atoms with Crippen molar-refractivity contribution in [3.05, 3.63) is 0 Å². The summed E-state index contributed by atoms with van der Waals surface area (Å²) in [6.07, 6.45) is 2.20. The molecule has 0 aliphatic rings. The Morgan fingerprint density at radius 2 is 1.50 bits per heavy atom. The van der Waals surface area contributed by atoms with Crippen LogP contribution in [0.25, 0.3) is 0 Å². The summed E-state index contributed by atoms with van der Waals surface area (Å²) in [5.41, 5.74) is -0.466. The van der Waals surface area contributed by atoms with Crippen molar-refractivity contribution in [1.82, 2.24) is 10.6 Å². The second-order valence-corrected chi connectivity index (χ2v) is 5.07. The average molecular weight is 260 g/mol. The van der Waals surface area contributed by atoms with Crippen LogP contribution in [0, 0.1) is 0 Å². The van der Waals surface area contributed by atoms with Crippen molar-refractivity contribution < 1.29 is 19.4 Å². The quantitative estimate of drug-likeness (QED) is 0.613. The molecule has 0 fully saturated rings. The Bertz CT molecular complexity index is 261. The SMILES string of the molecule is CC(C)(C)OC(=O)NCCCCCCNC(=O)O. The Morgan fingerprint density at radius 3 is 1.94 bits per heavy atom. The first-order chi connectivity index (χ1) is 8.31. The summed E-state index contributed by atoms with van der Waals surface area (Å²) < 4.78 is 5.08. The normalized spacial score (nSPS) is 10.8. The fraction of sp³-hybridized carbons (Fsp3) is 0.833. The molecule has 2 amide bonds. The van der Waals surface area contributed by atoms with Gasteiger partial charge in [0, 0.05) is 13.1 Å². The van der Waals surface area contributed by atoms with E-state index in [0.29, 0.717) is 13.1 Å². The molecule has 0 rings (SSSR count). The number of carbonyl (C=O) groups is 2. The van der Waals surface area contributed by atoms with E-state index in [1.807, 2.05) is 20.8 Å². The molecule has 106 valence electrons. The fourth-order valence-corrected chi connectivity index (χ4v) is 1.30. The maximum absolute atomic E-state index is 11.3. The van der Waals surface area contributed by atoms with Crippen LogP contribution in [0.5, 0.6) is 0 Å². The van der Waals surface area contributed by atoms with Gasteiger partial charge in [-0.1, -0.05) is 12.8 Å². The first kappa shape index (κ1) is 16.5. The van der Waals surface area contributed by atoms with Crippen LogP contribution in [0.4, 0.5) is 9.59 Å². The number of carbonyl (C=O) groups excluding carboxylic acids is 1. The molecule has 0 aliphatic heterocycles. The minimum Gasteiger partial charge on any atom is -0.465 e. The number of hydrogen-bond donors (Lipinski definition) is 3. The zero-order valence-electron chi connectivity index (χ0n) is 11.4. The van der Waals surface area contributed by atoms with Crippen LogP contribution in [-0.2, 0) is 4.74 Å². The molecule has 0 atom stereocenters. The van der Waals surface area contributed by atoms with E-state index in [4.69, 9.17) is 9.84 Å². The summed E-state index contributed by atoms with van der Waals surface area (Å²) in [5.74, 6) is 0. The van der Waals surface area contributed by atoms with Gasteiger partial charge in [0.15, 0.2) is 0 Å². The maximum Gasteiger partial charge on any atom is 0.407 e. The van der Waals surface area contributed by atoms with E-state index in [-0.39, 0.29) is 0 Å². The topological polar surface area (TPSA) is 87.7 Å². The molecule has 6 nitrogen and oxygen atoms in total. The first-order valence-corrected chi connectivity index (χ1v) is 6.25. The largest absolute Gasteiger partial charge is 0.465 e. The van der Waals surface area contributed by atoms with Gasteiger partial charge in [-0.3, -0.25) is 0 Å². The summed E-state index contributed by atoms with van der Waals surface area (Å²) >= 11 is 0. The van der Waals surface area contributed by atoms with Crippen LogP contribution in [0.3, 0.4) is 0 Å². The van der Waals surface area contributed by atoms with Crippen molar-refractivity contribution in [2.45, 2.75) is 52.1 Å². The lowest BCUT2D eigenvalue weighted by atomic mass is 10.2. The molecule has 0 spiro atoms. The number of unbranched alkanes of at least 4 members (excludes halogenated alkanes) is 3. The van der Waals surface area contributed by atoms with E-state index in [1.165, 1.54) is 0 Å². The minimum atomic E-state index is -0.985. The monoisotopic (exact) mass is 260 g/mol. The van der Waals surface area contributed by atoms with Gasteiger partial charge in [0.2, 0.25) is 0 Å². The molecule has 0 saturated heterocycles. The number of amides is 2. The van der Waals surface area contributed by atoms with Gasteiger partial charge in [-0.25, -0.2) is 9.59 Å². The minimum absolute atomic E-state index is 0.393. The van der Waals surface area contributed by atoms with Crippen molar-refractivity contribution in [3.63, 3.8) is 0 Å². The number of ether oxygens (including phenoxy) is 1. The van der Waals surface area contributed by atoms with Gasteiger partial charge in [0.25, 0.3) is 0 Å². The predicted molar refractivity (Wildman–Crippen MR) is 68.7 cm³/mol. The lowest BCUT2D eigenvalue weighted by molar-refractivity contribution is 0.0527. The molecular weight excluding hydrogens is 236 g/mol. The van der Waals surface area contributed by atoms with E-state index in [2.05, 4.69) is 10.6 Å². The molecule has 0 unspecified atom stereocenters. The molecule has 0 bridgehead atoms. The standard InChI is InChI=1S/C12H24N2O4/c1-12(2,3)18-11(17)14-9-7-5-4-6-8-13-10(15)16/h13H,4-9H2,1-3H3,(H,14,17)(H,15,16). The lowest BCUT2D eigenvalue weighted by Gasteiger charge is -2.19. The third kappa shape index (κ3) is 12.6. The van der Waals surface area contributed by atoms with Gasteiger partial charge >= 0.3 is 12.2 Å². The molecule has 0 heterocycles. The number of carboxylic acid groups (broad SMARTS) is 1. The van der Waals surface area contributed by atoms with Crippen LogP contribution < -0.4 is 10.6 Å². The Kier molecular flexibility index (Phi) is 7.91. The summed E-state index contributed by atoms with van der Waals surface area (Å²) in [7, 11) is 0. The number of hydrogen-bond acceptors (Lipinski definition) is 3. The highest BCUT2D eigenvalue weighted by atomic mass is 16.6. The van der Waals surface area contributed by atoms with Gasteiger partial charge in [-0.05, 0) is 33.6 Å². The van der Waals surface area contributed by atoms with Crippen molar-refractivity contribution in [3.8, 4) is 0 Å². The van der Waals surface area contributed by atoms with Gasteiger partial charge in [-0.15, -0.1) is 0 Å². The second-order valence-electron chi connectivity index (χ2n) is 5.07. The molecule has 18 heavy (non-hydrogen) atoms. The molecule has 0 aliphatic carbocycles. The molecule has 0 aromatic rings. The lowest BCUT2D eigenvalue weighted by Crippen LogP contribution is -2.33. The highest BCUT2D eigenvalue weighted by Gasteiger charge is 2.15. The van der Waals surface area contributed by atoms with Crippen molar-refractivity contribution in [2.24, 2.45) is 0 Å². The number of nitrogens with one attached hydrogen (secondary N) is 2. The smallest absolute Gasteiger partial charge is 0.407 e. The summed E-state index contributed by atoms with van der Waals surface area (Å²) in [5, 5.41) is 13.3. The Morgan fingerprint density at radius 1 is 1.00 bits per heavy atom. The van der Waals surface area contributed by atoms with Gasteiger partial charge in [0.1, 0.15) is 5.60 Å². The van der Waals surface area contributed by atoms with Gasteiger partial charge < -0.3 is 20.5 Å². The van der Waals surface area contributed by atoms with Crippen LogP contribution in [0.15, 0.2) is 0 Å². The Labute approximate surface area is 108 Å². The fourth-order valence-electron chi connectivity index (χ4n) is 1.30. The van der Waals surface area contributed by atoms with E-state index in [1.54, 1.807) is 0 Å². The van der Waals surface area contributed by atoms with Crippen LogP contribution in [-0.4, -0.2) is 36.0 Å². The van der Waals surface area contributed by atoms with E-state index in [0.717, 1.165) is 25.7 Å². The molecule has 0 saturated carbocycles. The zero-order valence-corrected chi connectivity index (χ0v) is 11.4. The molecule has 0 aromatic heterocycles. The first-order valence-electron chi connectivity index (χ1n) is 6.25. The molecule has 6 heteroatoms. The number of alkyl carbamates (subject to hydrolysis) is 1. The van der Waals surface area contributed by atoms with Crippen LogP contribution in [0.2, 0.25) is 0 Å². The van der Waals surface area contributed by atoms with Crippen molar-refractivity contribution >= 4 is 12.2 Å². The maximum atomic E-state index is 11.3. The second kappa shape index (κ2) is 8.60. The van der Waals surface area contributed by atoms with Crippen molar-refractivity contribution in [1.29, 1.82) is 0 Å². The van der Waals surface area contributed by atoms with Crippen molar-refractivity contribution in [2.75, 3.05) is 13.1 Å². The van der Waals surface area contributed by atoms with Crippen LogP contribution >= 0.6 is 0 Å². The predicted octanol–water partition coefficient (Wildman–Crippen LogP) is 2.34. The Balaban J connectivity index is 3.30. The van der Waals surface area contributed by atoms with Crippen LogP contribution in [0.1, 0.15) is 46.5 Å². The highest BCUT2D eigenvalue weighted by molar-refractivity contribution is 5.67. The molecule has 3 N–H and O–H groups in total. The molecular formula is C12H24N2O4. The average Bonchev–Trinajstić information content (AvgIpc) is 2.18. The third-order valence-corrected chi connectivity index (χ3v) is 2.05. The summed E-state index contributed by atoms with van der Waals surface area (Å²) in [6.45, 7) is 6.53. The van der Waals surface area contributed by atoms with E-state index < -0.39 is 17.8 Å². The molecule has 0 radical (unpaired) electrons. The van der Waals surface area contributed by atoms with E-state index in [9.17, 15) is 9.59 Å². The Hall–Kier alpha value is -1.46. The third-order valence-electron chi connectivity index (χ3n) is 2.05. The highest BCUT2D eigenvalue weighted by Crippen LogP contribution is 2.06. The van der Waals surface area contributed by atoms with Gasteiger partial charge in [0.05, 0.1) is 0 Å². The van der Waals surface area contributed by atoms with Gasteiger partial charge in [-0.2, -0.15) is 0 Å². The molecule has 0 aromatic carbocycles. The van der Waals surface area contributed by atoms with E-state index >= 15 is 0 Å². The summed E-state index contributed by atoms with van der Waals surface area (Å²) in [6, 6.07) is 0. The summed E-state index contributed by atoms with van der Waals surface area (Å²) in [4.78, 5) is 21.4. The zero-order chi connectivity index (χ0) is 14.0.